The summed E-state index contributed by atoms with van der Waals surface area (Å²) in [5.41, 5.74) is 4.82. The molecule has 2 amide bonds. The van der Waals surface area contributed by atoms with Gasteiger partial charge in [0.1, 0.15) is 0 Å². The zero-order valence-electron chi connectivity index (χ0n) is 20.1. The molecule has 0 bridgehead atoms. The van der Waals surface area contributed by atoms with Crippen molar-refractivity contribution in [2.75, 3.05) is 11.4 Å². The van der Waals surface area contributed by atoms with Crippen LogP contribution in [-0.2, 0) is 9.59 Å². The first kappa shape index (κ1) is 23.8. The molecule has 184 valence electrons. The molecular weight excluding hydrogens is 452 g/mol. The van der Waals surface area contributed by atoms with Crippen molar-refractivity contribution in [3.63, 3.8) is 0 Å². The number of aliphatic carboxylic acids is 1. The molecule has 0 unspecified atom stereocenters. The molecule has 0 saturated heterocycles. The molecular formula is C30H30N2O4. The molecule has 0 aromatic heterocycles. The van der Waals surface area contributed by atoms with Gasteiger partial charge < -0.3 is 15.3 Å². The van der Waals surface area contributed by atoms with Crippen molar-refractivity contribution >= 4 is 23.5 Å². The van der Waals surface area contributed by atoms with Crippen molar-refractivity contribution in [2.45, 2.75) is 44.1 Å². The second-order valence-corrected chi connectivity index (χ2v) is 9.64. The third-order valence-electron chi connectivity index (χ3n) is 7.52. The molecule has 1 saturated carbocycles. The van der Waals surface area contributed by atoms with Gasteiger partial charge in [0.2, 0.25) is 5.91 Å². The quantitative estimate of drug-likeness (QED) is 0.482. The van der Waals surface area contributed by atoms with Crippen LogP contribution in [0.1, 0.15) is 53.9 Å². The summed E-state index contributed by atoms with van der Waals surface area (Å²) in [7, 11) is 0. The Morgan fingerprint density at radius 3 is 2.28 bits per heavy atom. The number of benzene rings is 3. The highest BCUT2D eigenvalue weighted by Crippen LogP contribution is 2.49. The number of hydrogen-bond acceptors (Lipinski definition) is 3. The van der Waals surface area contributed by atoms with E-state index >= 15 is 0 Å². The number of carboxylic acids is 1. The molecule has 1 fully saturated rings. The number of para-hydroxylation sites is 1. The van der Waals surface area contributed by atoms with Crippen molar-refractivity contribution in [3.05, 3.63) is 90.0 Å². The van der Waals surface area contributed by atoms with Gasteiger partial charge in [0.25, 0.3) is 5.91 Å². The Bertz CT molecular complexity index is 1260. The highest BCUT2D eigenvalue weighted by molar-refractivity contribution is 6.07. The lowest BCUT2D eigenvalue weighted by molar-refractivity contribution is -0.138. The van der Waals surface area contributed by atoms with Gasteiger partial charge in [-0.1, -0.05) is 67.1 Å². The van der Waals surface area contributed by atoms with Crippen LogP contribution >= 0.6 is 0 Å². The fourth-order valence-electron chi connectivity index (χ4n) is 5.82. The molecule has 3 atom stereocenters. The van der Waals surface area contributed by atoms with Gasteiger partial charge in [-0.15, -0.1) is 0 Å². The minimum atomic E-state index is -0.977. The van der Waals surface area contributed by atoms with E-state index in [1.54, 1.807) is 0 Å². The van der Waals surface area contributed by atoms with Gasteiger partial charge >= 0.3 is 5.97 Å². The van der Waals surface area contributed by atoms with Crippen molar-refractivity contribution in [1.29, 1.82) is 0 Å². The summed E-state index contributed by atoms with van der Waals surface area (Å²) in [4.78, 5) is 38.9. The molecule has 5 rings (SSSR count). The number of carboxylic acid groups (broad SMARTS) is 1. The van der Waals surface area contributed by atoms with Gasteiger partial charge in [-0.05, 0) is 53.6 Å². The van der Waals surface area contributed by atoms with Crippen molar-refractivity contribution in [3.8, 4) is 11.1 Å². The van der Waals surface area contributed by atoms with E-state index in [2.05, 4.69) is 23.5 Å². The molecule has 1 heterocycles. The van der Waals surface area contributed by atoms with E-state index in [1.807, 2.05) is 65.6 Å². The summed E-state index contributed by atoms with van der Waals surface area (Å²) >= 11 is 0. The molecule has 3 aromatic rings. The molecule has 6 heteroatoms. The van der Waals surface area contributed by atoms with Gasteiger partial charge in [0, 0.05) is 36.2 Å². The van der Waals surface area contributed by atoms with E-state index in [0.717, 1.165) is 41.6 Å². The third kappa shape index (κ3) is 4.76. The number of carbonyl (C=O) groups is 3. The van der Waals surface area contributed by atoms with Crippen LogP contribution in [0.3, 0.4) is 0 Å². The Kier molecular flexibility index (Phi) is 6.85. The summed E-state index contributed by atoms with van der Waals surface area (Å²) in [5, 5.41) is 11.8. The summed E-state index contributed by atoms with van der Waals surface area (Å²) in [6.07, 6.45) is 2.75. The maximum absolute atomic E-state index is 13.9. The maximum Gasteiger partial charge on any atom is 0.303 e. The predicted octanol–water partition coefficient (Wildman–Crippen LogP) is 5.25. The number of rotatable bonds is 7. The highest BCUT2D eigenvalue weighted by atomic mass is 16.4. The maximum atomic E-state index is 13.9. The summed E-state index contributed by atoms with van der Waals surface area (Å²) in [6, 6.07) is 26.0. The average molecular weight is 483 g/mol. The number of hydrogen-bond donors (Lipinski definition) is 2. The lowest BCUT2D eigenvalue weighted by Crippen LogP contribution is -2.49. The molecule has 3 aromatic carbocycles. The van der Waals surface area contributed by atoms with Crippen LogP contribution in [-0.4, -0.2) is 35.5 Å². The molecule has 0 spiro atoms. The van der Waals surface area contributed by atoms with Crippen LogP contribution in [0, 0.1) is 5.92 Å². The Hall–Kier alpha value is -3.93. The van der Waals surface area contributed by atoms with E-state index in [9.17, 15) is 14.4 Å². The van der Waals surface area contributed by atoms with Crippen molar-refractivity contribution in [2.24, 2.45) is 5.92 Å². The van der Waals surface area contributed by atoms with E-state index in [4.69, 9.17) is 5.11 Å². The first-order chi connectivity index (χ1) is 17.5. The molecule has 0 radical (unpaired) electrons. The van der Waals surface area contributed by atoms with Crippen LogP contribution in [0.5, 0.6) is 0 Å². The van der Waals surface area contributed by atoms with E-state index in [-0.39, 0.29) is 42.5 Å². The van der Waals surface area contributed by atoms with Gasteiger partial charge in [-0.3, -0.25) is 14.4 Å². The number of amides is 2. The number of anilines is 1. The van der Waals surface area contributed by atoms with Crippen molar-refractivity contribution < 1.29 is 19.5 Å². The number of fused-ring (bicyclic) bond motifs is 2. The minimum absolute atomic E-state index is 0.00269. The van der Waals surface area contributed by atoms with Gasteiger partial charge in [-0.25, -0.2) is 0 Å². The fourth-order valence-corrected chi connectivity index (χ4v) is 5.82. The van der Waals surface area contributed by atoms with Crippen molar-refractivity contribution in [1.82, 2.24) is 5.32 Å². The Morgan fingerprint density at radius 1 is 0.833 bits per heavy atom. The zero-order valence-corrected chi connectivity index (χ0v) is 20.1. The summed E-state index contributed by atoms with van der Waals surface area (Å²) < 4.78 is 0. The molecule has 36 heavy (non-hydrogen) atoms. The Balaban J connectivity index is 1.40. The van der Waals surface area contributed by atoms with Gasteiger partial charge in [0.15, 0.2) is 0 Å². The summed E-state index contributed by atoms with van der Waals surface area (Å²) in [5.74, 6) is -0.890. The van der Waals surface area contributed by atoms with E-state index in [0.29, 0.717) is 12.1 Å². The first-order valence-electron chi connectivity index (χ1n) is 12.6. The molecule has 1 aliphatic carbocycles. The van der Waals surface area contributed by atoms with Crippen LogP contribution < -0.4 is 10.2 Å². The SMILES string of the molecule is O=C(O)CCC(=O)NC[C@H]1c2ccccc2N(C(=O)c2ccc(-c3ccccc3)cc2)[C@@H]2CCC[C@@H]21. The highest BCUT2D eigenvalue weighted by Gasteiger charge is 2.45. The topological polar surface area (TPSA) is 86.7 Å². The predicted molar refractivity (Wildman–Crippen MR) is 139 cm³/mol. The lowest BCUT2D eigenvalue weighted by Gasteiger charge is -2.44. The second-order valence-electron chi connectivity index (χ2n) is 9.64. The van der Waals surface area contributed by atoms with Crippen LogP contribution in [0.4, 0.5) is 5.69 Å². The number of nitrogens with zero attached hydrogens (tertiary/aromatic N) is 1. The van der Waals surface area contributed by atoms with Crippen LogP contribution in [0.25, 0.3) is 11.1 Å². The second kappa shape index (κ2) is 10.4. The molecule has 1 aliphatic heterocycles. The van der Waals surface area contributed by atoms with Crippen LogP contribution in [0.15, 0.2) is 78.9 Å². The Labute approximate surface area is 211 Å². The molecule has 6 nitrogen and oxygen atoms in total. The largest absolute Gasteiger partial charge is 0.481 e. The zero-order chi connectivity index (χ0) is 25.1. The number of nitrogens with one attached hydrogen (secondary N) is 1. The number of carbonyl (C=O) groups excluding carboxylic acids is 2. The molecule has 2 aliphatic rings. The standard InChI is InChI=1S/C30H30N2O4/c33-28(17-18-29(34)35)31-19-25-23-9-4-5-11-26(23)32(27-12-6-10-24(25)27)30(36)22-15-13-21(14-16-22)20-7-2-1-3-8-20/h1-5,7-9,11,13-16,24-25,27H,6,10,12,17-19H2,(H,31,33)(H,34,35)/t24-,25+,27-/m1/s1. The third-order valence-corrected chi connectivity index (χ3v) is 7.52. The molecule has 2 N–H and O–H groups in total. The first-order valence-corrected chi connectivity index (χ1v) is 12.6. The smallest absolute Gasteiger partial charge is 0.303 e. The normalized spacial score (nSPS) is 20.3. The van der Waals surface area contributed by atoms with E-state index < -0.39 is 5.97 Å². The van der Waals surface area contributed by atoms with E-state index in [1.165, 1.54) is 0 Å². The monoisotopic (exact) mass is 482 g/mol. The van der Waals surface area contributed by atoms with Gasteiger partial charge in [0.05, 0.1) is 6.42 Å². The average Bonchev–Trinajstić information content (AvgIpc) is 3.39. The minimum Gasteiger partial charge on any atom is -0.481 e. The lowest BCUT2D eigenvalue weighted by atomic mass is 9.77. The fraction of sp³-hybridized carbons (Fsp3) is 0.300. The Morgan fingerprint density at radius 2 is 1.53 bits per heavy atom. The van der Waals surface area contributed by atoms with Gasteiger partial charge in [-0.2, -0.15) is 0 Å². The summed E-state index contributed by atoms with van der Waals surface area (Å²) in [6.45, 7) is 0.449. The van der Waals surface area contributed by atoms with Crippen LogP contribution in [0.2, 0.25) is 0 Å².